The van der Waals surface area contributed by atoms with Crippen LogP contribution in [0.15, 0.2) is 0 Å². The molecule has 0 radical (unpaired) electrons. The van der Waals surface area contributed by atoms with Crippen molar-refractivity contribution in [2.45, 2.75) is 19.1 Å². The highest BCUT2D eigenvalue weighted by atomic mass is 32.2. The van der Waals surface area contributed by atoms with Crippen molar-refractivity contribution >= 4 is 10.0 Å². The Bertz CT molecular complexity index is 209. The molecule has 0 aromatic heterocycles. The minimum atomic E-state index is -3.07. The molecule has 0 amide bonds. The molecular weight excluding hydrogens is 176 g/mol. The maximum absolute atomic E-state index is 11.2. The molecule has 0 bridgehead atoms. The van der Waals surface area contributed by atoms with Crippen LogP contribution in [0.2, 0.25) is 0 Å². The Morgan fingerprint density at radius 3 is 2.17 bits per heavy atom. The largest absolute Gasteiger partial charge is 0.308 e. The van der Waals surface area contributed by atoms with Crippen molar-refractivity contribution in [1.82, 2.24) is 9.62 Å². The van der Waals surface area contributed by atoms with Crippen LogP contribution in [0.4, 0.5) is 0 Å². The van der Waals surface area contributed by atoms with Crippen molar-refractivity contribution in [3.05, 3.63) is 0 Å². The van der Waals surface area contributed by atoms with Crippen molar-refractivity contribution < 1.29 is 8.42 Å². The Kier molecular flexibility index (Phi) is 4.74. The second-order valence-corrected chi connectivity index (χ2v) is 5.61. The Labute approximate surface area is 75.0 Å². The predicted molar refractivity (Wildman–Crippen MR) is 50.6 cm³/mol. The molecule has 0 aliphatic heterocycles. The lowest BCUT2D eigenvalue weighted by Crippen LogP contribution is -2.35. The van der Waals surface area contributed by atoms with E-state index in [2.05, 4.69) is 4.72 Å². The third-order valence-electron chi connectivity index (χ3n) is 1.48. The first-order valence-electron chi connectivity index (χ1n) is 3.99. The number of likely N-dealkylation sites (N-methyl/N-ethyl adjacent to an activating group) is 1. The summed E-state index contributed by atoms with van der Waals surface area (Å²) >= 11 is 0. The van der Waals surface area contributed by atoms with Crippen molar-refractivity contribution in [3.8, 4) is 0 Å². The molecule has 0 heterocycles. The van der Waals surface area contributed by atoms with Crippen LogP contribution >= 0.6 is 0 Å². The topological polar surface area (TPSA) is 49.4 Å². The molecule has 0 atom stereocenters. The fourth-order valence-electron chi connectivity index (χ4n) is 0.578. The van der Waals surface area contributed by atoms with Crippen LogP contribution in [0.3, 0.4) is 0 Å². The predicted octanol–water partition coefficient (Wildman–Crippen LogP) is -0.124. The lowest BCUT2D eigenvalue weighted by atomic mass is 10.6. The summed E-state index contributed by atoms with van der Waals surface area (Å²) in [5.41, 5.74) is 0. The van der Waals surface area contributed by atoms with Gasteiger partial charge in [0.25, 0.3) is 0 Å². The number of nitrogens with one attached hydrogen (secondary N) is 1. The molecule has 0 aromatic rings. The first kappa shape index (κ1) is 11.9. The van der Waals surface area contributed by atoms with Crippen LogP contribution in [0.5, 0.6) is 0 Å². The summed E-state index contributed by atoms with van der Waals surface area (Å²) in [6.07, 6.45) is 0. The fraction of sp³-hybridized carbons (Fsp3) is 1.00. The van der Waals surface area contributed by atoms with Gasteiger partial charge < -0.3 is 4.90 Å². The van der Waals surface area contributed by atoms with E-state index >= 15 is 0 Å². The SMILES string of the molecule is CC(C)S(=O)(=O)NCCN(C)C. The summed E-state index contributed by atoms with van der Waals surface area (Å²) in [5, 5.41) is -0.348. The summed E-state index contributed by atoms with van der Waals surface area (Å²) in [6.45, 7) is 4.54. The first-order chi connectivity index (χ1) is 5.36. The highest BCUT2D eigenvalue weighted by Gasteiger charge is 2.13. The van der Waals surface area contributed by atoms with Gasteiger partial charge in [0.15, 0.2) is 0 Å². The zero-order chi connectivity index (χ0) is 9.78. The molecule has 0 rings (SSSR count). The molecule has 4 nitrogen and oxygen atoms in total. The van der Waals surface area contributed by atoms with Crippen molar-refractivity contribution in [3.63, 3.8) is 0 Å². The van der Waals surface area contributed by atoms with E-state index < -0.39 is 10.0 Å². The van der Waals surface area contributed by atoms with E-state index in [1.54, 1.807) is 13.8 Å². The number of nitrogens with zero attached hydrogens (tertiary/aromatic N) is 1. The van der Waals surface area contributed by atoms with Crippen LogP contribution < -0.4 is 4.72 Å². The molecule has 0 spiro atoms. The van der Waals surface area contributed by atoms with Gasteiger partial charge in [0.2, 0.25) is 10.0 Å². The van der Waals surface area contributed by atoms with E-state index in [0.717, 1.165) is 6.54 Å². The third kappa shape index (κ3) is 4.69. The second kappa shape index (κ2) is 4.79. The van der Waals surface area contributed by atoms with Gasteiger partial charge in [-0.3, -0.25) is 0 Å². The minimum Gasteiger partial charge on any atom is -0.308 e. The lowest BCUT2D eigenvalue weighted by molar-refractivity contribution is 0.412. The second-order valence-electron chi connectivity index (χ2n) is 3.29. The molecule has 0 saturated carbocycles. The molecule has 74 valence electrons. The van der Waals surface area contributed by atoms with Gasteiger partial charge in [-0.05, 0) is 27.9 Å². The molecule has 0 aliphatic rings. The molecular formula is C7H18N2O2S. The van der Waals surface area contributed by atoms with E-state index in [1.165, 1.54) is 0 Å². The Morgan fingerprint density at radius 1 is 1.33 bits per heavy atom. The van der Waals surface area contributed by atoms with Crippen LogP contribution in [0, 0.1) is 0 Å². The third-order valence-corrected chi connectivity index (χ3v) is 3.33. The van der Waals surface area contributed by atoms with Crippen LogP contribution in [0.1, 0.15) is 13.8 Å². The highest BCUT2D eigenvalue weighted by Crippen LogP contribution is 1.94. The maximum Gasteiger partial charge on any atom is 0.213 e. The van der Waals surface area contributed by atoms with E-state index in [4.69, 9.17) is 0 Å². The van der Waals surface area contributed by atoms with Gasteiger partial charge in [0.1, 0.15) is 0 Å². The van der Waals surface area contributed by atoms with E-state index in [9.17, 15) is 8.42 Å². The minimum absolute atomic E-state index is 0.348. The molecule has 12 heavy (non-hydrogen) atoms. The summed E-state index contributed by atoms with van der Waals surface area (Å²) in [5.74, 6) is 0. The standard InChI is InChI=1S/C7H18N2O2S/c1-7(2)12(10,11)8-5-6-9(3)4/h7-8H,5-6H2,1-4H3. The summed E-state index contributed by atoms with van der Waals surface area (Å²) < 4.78 is 24.9. The lowest BCUT2D eigenvalue weighted by Gasteiger charge is -2.12. The van der Waals surface area contributed by atoms with Crippen molar-refractivity contribution in [2.75, 3.05) is 27.2 Å². The van der Waals surface area contributed by atoms with Gasteiger partial charge >= 0.3 is 0 Å². The van der Waals surface area contributed by atoms with E-state index in [-0.39, 0.29) is 5.25 Å². The fourth-order valence-corrected chi connectivity index (χ4v) is 1.29. The Balaban J connectivity index is 3.79. The van der Waals surface area contributed by atoms with E-state index in [1.807, 2.05) is 19.0 Å². The van der Waals surface area contributed by atoms with E-state index in [0.29, 0.717) is 6.54 Å². The molecule has 0 aromatic carbocycles. The first-order valence-corrected chi connectivity index (χ1v) is 5.54. The zero-order valence-corrected chi connectivity index (χ0v) is 8.98. The monoisotopic (exact) mass is 194 g/mol. The van der Waals surface area contributed by atoms with Gasteiger partial charge in [0.05, 0.1) is 5.25 Å². The molecule has 5 heteroatoms. The quantitative estimate of drug-likeness (QED) is 0.663. The van der Waals surface area contributed by atoms with Crippen molar-refractivity contribution in [1.29, 1.82) is 0 Å². The number of rotatable bonds is 5. The van der Waals surface area contributed by atoms with Crippen molar-refractivity contribution in [2.24, 2.45) is 0 Å². The molecule has 0 unspecified atom stereocenters. The normalized spacial score (nSPS) is 12.8. The number of hydrogen-bond donors (Lipinski definition) is 1. The molecule has 0 fully saturated rings. The smallest absolute Gasteiger partial charge is 0.213 e. The van der Waals surface area contributed by atoms with Gasteiger partial charge in [-0.1, -0.05) is 0 Å². The van der Waals surface area contributed by atoms with Crippen LogP contribution in [-0.2, 0) is 10.0 Å². The van der Waals surface area contributed by atoms with Gasteiger partial charge in [-0.2, -0.15) is 0 Å². The maximum atomic E-state index is 11.2. The average molecular weight is 194 g/mol. The summed E-state index contributed by atoms with van der Waals surface area (Å²) in [4.78, 5) is 1.93. The highest BCUT2D eigenvalue weighted by molar-refractivity contribution is 7.90. The average Bonchev–Trinajstić information content (AvgIpc) is 1.85. The summed E-state index contributed by atoms with van der Waals surface area (Å²) in [7, 11) is 0.742. The summed E-state index contributed by atoms with van der Waals surface area (Å²) in [6, 6.07) is 0. The molecule has 0 aliphatic carbocycles. The molecule has 0 saturated heterocycles. The number of hydrogen-bond acceptors (Lipinski definition) is 3. The van der Waals surface area contributed by atoms with Gasteiger partial charge in [-0.25, -0.2) is 13.1 Å². The van der Waals surface area contributed by atoms with Gasteiger partial charge in [0, 0.05) is 13.1 Å². The number of sulfonamides is 1. The zero-order valence-electron chi connectivity index (χ0n) is 8.16. The molecule has 1 N–H and O–H groups in total. The van der Waals surface area contributed by atoms with Gasteiger partial charge in [-0.15, -0.1) is 0 Å². The van der Waals surface area contributed by atoms with Crippen LogP contribution in [-0.4, -0.2) is 45.8 Å². The Hall–Kier alpha value is -0.130. The van der Waals surface area contributed by atoms with Crippen LogP contribution in [0.25, 0.3) is 0 Å². The Morgan fingerprint density at radius 2 is 1.83 bits per heavy atom.